The summed E-state index contributed by atoms with van der Waals surface area (Å²) in [5.74, 6) is 1.06. The van der Waals surface area contributed by atoms with Crippen LogP contribution in [0.25, 0.3) is 0 Å². The van der Waals surface area contributed by atoms with E-state index in [1.165, 1.54) is 25.0 Å². The van der Waals surface area contributed by atoms with Gasteiger partial charge in [-0.1, -0.05) is 19.1 Å². The fourth-order valence-corrected chi connectivity index (χ4v) is 3.73. The topological polar surface area (TPSA) is 41.1 Å². The predicted octanol–water partition coefficient (Wildman–Crippen LogP) is 3.42. The van der Waals surface area contributed by atoms with Crippen LogP contribution in [0.1, 0.15) is 44.6 Å². The number of halogens is 2. The van der Waals surface area contributed by atoms with Gasteiger partial charge in [0.1, 0.15) is 5.82 Å². The molecule has 0 bridgehead atoms. The van der Waals surface area contributed by atoms with Gasteiger partial charge in [0.2, 0.25) is 5.91 Å². The molecule has 1 aromatic carbocycles. The fraction of sp³-hybridized carbons (Fsp3) is 0.632. The van der Waals surface area contributed by atoms with Crippen molar-refractivity contribution in [2.75, 3.05) is 19.6 Å². The molecule has 0 radical (unpaired) electrons. The summed E-state index contributed by atoms with van der Waals surface area (Å²) in [5.41, 5.74) is 1.19. The van der Waals surface area contributed by atoms with Gasteiger partial charge in [-0.3, -0.25) is 4.79 Å². The molecular formula is C19H28ClFN2O. The summed E-state index contributed by atoms with van der Waals surface area (Å²) in [5, 5.41) is 6.49. The maximum absolute atomic E-state index is 13.1. The lowest BCUT2D eigenvalue weighted by atomic mass is 9.84. The second-order valence-corrected chi connectivity index (χ2v) is 7.33. The van der Waals surface area contributed by atoms with Crippen LogP contribution < -0.4 is 10.6 Å². The highest BCUT2D eigenvalue weighted by Crippen LogP contribution is 2.47. The molecule has 1 aliphatic heterocycles. The molecule has 3 rings (SSSR count). The molecule has 24 heavy (non-hydrogen) atoms. The summed E-state index contributed by atoms with van der Waals surface area (Å²) < 4.78 is 13.1. The van der Waals surface area contributed by atoms with Crippen molar-refractivity contribution in [2.24, 2.45) is 11.8 Å². The van der Waals surface area contributed by atoms with E-state index in [9.17, 15) is 9.18 Å². The summed E-state index contributed by atoms with van der Waals surface area (Å²) >= 11 is 0. The van der Waals surface area contributed by atoms with Crippen LogP contribution in [0.2, 0.25) is 0 Å². The average molecular weight is 355 g/mol. The number of hydrogen-bond acceptors (Lipinski definition) is 2. The van der Waals surface area contributed by atoms with Gasteiger partial charge in [-0.15, -0.1) is 12.4 Å². The third-order valence-corrected chi connectivity index (χ3v) is 5.63. The Hall–Kier alpha value is -1.13. The molecule has 3 nitrogen and oxygen atoms in total. The van der Waals surface area contributed by atoms with Crippen molar-refractivity contribution in [3.63, 3.8) is 0 Å². The van der Waals surface area contributed by atoms with E-state index in [1.54, 1.807) is 0 Å². The minimum absolute atomic E-state index is 0. The number of piperidine rings is 1. The highest BCUT2D eigenvalue weighted by molar-refractivity contribution is 5.85. The SMILES string of the molecule is CC(CC(=O)NCC1(c2ccc(F)cc2)CC1)C1CCNCC1.Cl. The molecule has 1 heterocycles. The number of hydrogen-bond donors (Lipinski definition) is 2. The Morgan fingerprint density at radius 3 is 2.50 bits per heavy atom. The molecule has 1 aromatic rings. The highest BCUT2D eigenvalue weighted by Gasteiger charge is 2.44. The molecule has 1 saturated heterocycles. The molecule has 1 aliphatic carbocycles. The van der Waals surface area contributed by atoms with E-state index in [0.717, 1.165) is 31.5 Å². The third kappa shape index (κ3) is 4.70. The second kappa shape index (κ2) is 8.30. The predicted molar refractivity (Wildman–Crippen MR) is 96.9 cm³/mol. The molecule has 1 atom stereocenters. The van der Waals surface area contributed by atoms with Crippen molar-refractivity contribution < 1.29 is 9.18 Å². The molecule has 1 unspecified atom stereocenters. The van der Waals surface area contributed by atoms with E-state index in [4.69, 9.17) is 0 Å². The van der Waals surface area contributed by atoms with Crippen LogP contribution in [0.15, 0.2) is 24.3 Å². The lowest BCUT2D eigenvalue weighted by Crippen LogP contribution is -2.36. The first-order valence-electron chi connectivity index (χ1n) is 8.82. The maximum Gasteiger partial charge on any atom is 0.220 e. The summed E-state index contributed by atoms with van der Waals surface area (Å²) in [6.45, 7) is 5.02. The Bertz CT molecular complexity index is 539. The van der Waals surface area contributed by atoms with Crippen molar-refractivity contribution in [1.29, 1.82) is 0 Å². The van der Waals surface area contributed by atoms with Gasteiger partial charge in [-0.2, -0.15) is 0 Å². The number of amides is 1. The quantitative estimate of drug-likeness (QED) is 0.821. The van der Waals surface area contributed by atoms with Crippen molar-refractivity contribution in [2.45, 2.75) is 44.4 Å². The van der Waals surface area contributed by atoms with E-state index in [2.05, 4.69) is 17.6 Å². The normalized spacial score (nSPS) is 20.8. The van der Waals surface area contributed by atoms with Crippen LogP contribution in [0.3, 0.4) is 0 Å². The van der Waals surface area contributed by atoms with E-state index < -0.39 is 0 Å². The lowest BCUT2D eigenvalue weighted by Gasteiger charge is -2.28. The first kappa shape index (κ1) is 19.2. The molecule has 0 aromatic heterocycles. The van der Waals surface area contributed by atoms with Crippen LogP contribution in [-0.4, -0.2) is 25.5 Å². The number of nitrogens with one attached hydrogen (secondary N) is 2. The van der Waals surface area contributed by atoms with Gasteiger partial charge < -0.3 is 10.6 Å². The molecule has 2 aliphatic rings. The first-order chi connectivity index (χ1) is 11.1. The second-order valence-electron chi connectivity index (χ2n) is 7.33. The van der Waals surface area contributed by atoms with Gasteiger partial charge in [-0.05, 0) is 68.3 Å². The third-order valence-electron chi connectivity index (χ3n) is 5.63. The van der Waals surface area contributed by atoms with Crippen molar-refractivity contribution >= 4 is 18.3 Å². The van der Waals surface area contributed by atoms with Gasteiger partial charge in [-0.25, -0.2) is 4.39 Å². The highest BCUT2D eigenvalue weighted by atomic mass is 35.5. The smallest absolute Gasteiger partial charge is 0.220 e. The van der Waals surface area contributed by atoms with E-state index in [0.29, 0.717) is 24.8 Å². The fourth-order valence-electron chi connectivity index (χ4n) is 3.73. The van der Waals surface area contributed by atoms with Crippen LogP contribution in [0.4, 0.5) is 4.39 Å². The van der Waals surface area contributed by atoms with Gasteiger partial charge in [0, 0.05) is 18.4 Å². The van der Waals surface area contributed by atoms with Crippen LogP contribution in [0.5, 0.6) is 0 Å². The summed E-state index contributed by atoms with van der Waals surface area (Å²) in [6, 6.07) is 6.73. The maximum atomic E-state index is 13.1. The first-order valence-corrected chi connectivity index (χ1v) is 8.82. The van der Waals surface area contributed by atoms with E-state index in [-0.39, 0.29) is 29.5 Å². The van der Waals surface area contributed by atoms with Crippen LogP contribution in [-0.2, 0) is 10.2 Å². The molecule has 1 amide bonds. The molecule has 1 saturated carbocycles. The number of benzene rings is 1. The van der Waals surface area contributed by atoms with Gasteiger partial charge in [0.15, 0.2) is 0 Å². The molecular weight excluding hydrogens is 327 g/mol. The van der Waals surface area contributed by atoms with Gasteiger partial charge in [0.25, 0.3) is 0 Å². The molecule has 2 N–H and O–H groups in total. The minimum atomic E-state index is -0.204. The van der Waals surface area contributed by atoms with Crippen LogP contribution in [0, 0.1) is 17.7 Å². The monoisotopic (exact) mass is 354 g/mol. The minimum Gasteiger partial charge on any atom is -0.355 e. The zero-order valence-corrected chi connectivity index (χ0v) is 15.1. The van der Waals surface area contributed by atoms with E-state index in [1.807, 2.05) is 12.1 Å². The van der Waals surface area contributed by atoms with Crippen molar-refractivity contribution in [3.05, 3.63) is 35.6 Å². The molecule has 2 fully saturated rings. The Morgan fingerprint density at radius 2 is 1.92 bits per heavy atom. The largest absolute Gasteiger partial charge is 0.355 e. The van der Waals surface area contributed by atoms with Gasteiger partial charge >= 0.3 is 0 Å². The van der Waals surface area contributed by atoms with E-state index >= 15 is 0 Å². The Kier molecular flexibility index (Phi) is 6.64. The number of carbonyl (C=O) groups is 1. The standard InChI is InChI=1S/C19H27FN2O.ClH/c1-14(15-6-10-21-11-7-15)12-18(23)22-13-19(8-9-19)16-2-4-17(20)5-3-16;/h2-5,14-15,21H,6-13H2,1H3,(H,22,23);1H. The lowest BCUT2D eigenvalue weighted by molar-refractivity contribution is -0.122. The van der Waals surface area contributed by atoms with Crippen molar-refractivity contribution in [3.8, 4) is 0 Å². The molecule has 5 heteroatoms. The van der Waals surface area contributed by atoms with Crippen molar-refractivity contribution in [1.82, 2.24) is 10.6 Å². The summed E-state index contributed by atoms with van der Waals surface area (Å²) in [7, 11) is 0. The Balaban J connectivity index is 0.00000208. The van der Waals surface area contributed by atoms with Crippen LogP contribution >= 0.6 is 12.4 Å². The van der Waals surface area contributed by atoms with Gasteiger partial charge in [0.05, 0.1) is 0 Å². The summed E-state index contributed by atoms with van der Waals surface area (Å²) in [6.07, 6.45) is 5.11. The Morgan fingerprint density at radius 1 is 1.29 bits per heavy atom. The summed E-state index contributed by atoms with van der Waals surface area (Å²) in [4.78, 5) is 12.3. The zero-order chi connectivity index (χ0) is 16.3. The molecule has 0 spiro atoms. The Labute approximate surface area is 150 Å². The number of carbonyl (C=O) groups excluding carboxylic acids is 1. The molecule has 134 valence electrons. The number of rotatable bonds is 6. The average Bonchev–Trinajstić information content (AvgIpc) is 3.35. The zero-order valence-electron chi connectivity index (χ0n) is 14.3.